The maximum absolute atomic E-state index is 12.0. The van der Waals surface area contributed by atoms with Crippen molar-refractivity contribution in [2.45, 2.75) is 33.6 Å². The molecule has 22 heavy (non-hydrogen) atoms. The van der Waals surface area contributed by atoms with Gasteiger partial charge < -0.3 is 10.3 Å². The van der Waals surface area contributed by atoms with Crippen LogP contribution in [0.25, 0.3) is 0 Å². The van der Waals surface area contributed by atoms with Gasteiger partial charge in [0, 0.05) is 17.5 Å². The Hall–Kier alpha value is -2.46. The zero-order chi connectivity index (χ0) is 16.3. The van der Waals surface area contributed by atoms with Crippen molar-refractivity contribution in [1.82, 2.24) is 9.97 Å². The quantitative estimate of drug-likeness (QED) is 0.903. The lowest BCUT2D eigenvalue weighted by molar-refractivity contribution is -0.116. The summed E-state index contributed by atoms with van der Waals surface area (Å²) in [5, 5.41) is 14.2. The predicted molar refractivity (Wildman–Crippen MR) is 85.1 cm³/mol. The van der Waals surface area contributed by atoms with Crippen molar-refractivity contribution in [1.29, 1.82) is 5.26 Å². The largest absolute Gasteiger partial charge is 0.325 e. The highest BCUT2D eigenvalue weighted by Crippen LogP contribution is 2.17. The van der Waals surface area contributed by atoms with Crippen LogP contribution in [0.15, 0.2) is 10.2 Å². The number of amides is 1. The van der Waals surface area contributed by atoms with Crippen LogP contribution in [-0.2, 0) is 11.2 Å². The number of hydrogen-bond donors (Lipinski definition) is 2. The van der Waals surface area contributed by atoms with Crippen molar-refractivity contribution >= 4 is 22.4 Å². The molecule has 0 unspecified atom stereocenters. The number of carbonyl (C=O) groups is 1. The van der Waals surface area contributed by atoms with Crippen LogP contribution in [0.2, 0.25) is 0 Å². The molecule has 2 heterocycles. The minimum absolute atomic E-state index is 0.108. The molecule has 0 saturated heterocycles. The molecule has 2 aromatic rings. The van der Waals surface area contributed by atoms with E-state index in [0.717, 1.165) is 11.3 Å². The van der Waals surface area contributed by atoms with E-state index in [-0.39, 0.29) is 23.5 Å². The zero-order valence-corrected chi connectivity index (χ0v) is 13.4. The van der Waals surface area contributed by atoms with Gasteiger partial charge in [0.05, 0.1) is 5.69 Å². The van der Waals surface area contributed by atoms with E-state index in [1.165, 1.54) is 11.3 Å². The lowest BCUT2D eigenvalue weighted by Crippen LogP contribution is -2.18. The minimum atomic E-state index is -0.385. The number of aromatic nitrogens is 2. The van der Waals surface area contributed by atoms with E-state index in [1.54, 1.807) is 13.8 Å². The van der Waals surface area contributed by atoms with Crippen molar-refractivity contribution in [3.8, 4) is 6.07 Å². The van der Waals surface area contributed by atoms with E-state index in [4.69, 9.17) is 5.26 Å². The van der Waals surface area contributed by atoms with Crippen LogP contribution in [0.5, 0.6) is 0 Å². The number of aromatic amines is 1. The molecule has 0 spiro atoms. The molecule has 2 aromatic heterocycles. The van der Waals surface area contributed by atoms with Gasteiger partial charge in [0.15, 0.2) is 5.13 Å². The Labute approximate surface area is 131 Å². The zero-order valence-electron chi connectivity index (χ0n) is 12.6. The molecule has 0 saturated carbocycles. The number of aryl methyl sites for hydroxylation is 2. The van der Waals surface area contributed by atoms with Crippen LogP contribution >= 0.6 is 11.3 Å². The summed E-state index contributed by atoms with van der Waals surface area (Å²) in [5.41, 5.74) is 2.76. The van der Waals surface area contributed by atoms with Gasteiger partial charge in [-0.2, -0.15) is 5.26 Å². The predicted octanol–water partition coefficient (Wildman–Crippen LogP) is 2.20. The molecule has 0 fully saturated rings. The highest BCUT2D eigenvalue weighted by atomic mass is 32.1. The second-order valence-electron chi connectivity index (χ2n) is 5.01. The molecule has 0 atom stereocenters. The van der Waals surface area contributed by atoms with E-state index in [0.29, 0.717) is 22.8 Å². The van der Waals surface area contributed by atoms with Crippen molar-refractivity contribution in [3.63, 3.8) is 0 Å². The number of pyridine rings is 1. The number of nitrogens with zero attached hydrogens (tertiary/aromatic N) is 2. The van der Waals surface area contributed by atoms with Gasteiger partial charge in [-0.15, -0.1) is 11.3 Å². The number of H-pyrrole nitrogens is 1. The first-order valence-corrected chi connectivity index (χ1v) is 7.64. The molecule has 7 heteroatoms. The van der Waals surface area contributed by atoms with Gasteiger partial charge in [-0.3, -0.25) is 9.59 Å². The van der Waals surface area contributed by atoms with E-state index in [1.807, 2.05) is 18.4 Å². The Kier molecular flexibility index (Phi) is 4.73. The summed E-state index contributed by atoms with van der Waals surface area (Å²) in [7, 11) is 0. The fraction of sp³-hybridized carbons (Fsp3) is 0.333. The SMILES string of the molecule is Cc1csc(NC(=O)CCc2c(C)[nH]c(=O)c(C#N)c2C)n1. The topological polar surface area (TPSA) is 98.6 Å². The highest BCUT2D eigenvalue weighted by Gasteiger charge is 2.13. The van der Waals surface area contributed by atoms with Crippen molar-refractivity contribution in [2.24, 2.45) is 0 Å². The summed E-state index contributed by atoms with van der Waals surface area (Å²) in [6.45, 7) is 5.37. The Balaban J connectivity index is 2.10. The van der Waals surface area contributed by atoms with E-state index >= 15 is 0 Å². The van der Waals surface area contributed by atoms with Crippen molar-refractivity contribution in [3.05, 3.63) is 43.8 Å². The van der Waals surface area contributed by atoms with Gasteiger partial charge in [-0.05, 0) is 38.3 Å². The molecule has 2 rings (SSSR count). The van der Waals surface area contributed by atoms with Gasteiger partial charge in [0.25, 0.3) is 5.56 Å². The fourth-order valence-corrected chi connectivity index (χ4v) is 2.96. The number of thiazole rings is 1. The fourth-order valence-electron chi connectivity index (χ4n) is 2.25. The van der Waals surface area contributed by atoms with Crippen LogP contribution in [0.4, 0.5) is 5.13 Å². The van der Waals surface area contributed by atoms with Gasteiger partial charge in [-0.1, -0.05) is 0 Å². The summed E-state index contributed by atoms with van der Waals surface area (Å²) < 4.78 is 0. The van der Waals surface area contributed by atoms with E-state index in [9.17, 15) is 9.59 Å². The van der Waals surface area contributed by atoms with Gasteiger partial charge in [-0.25, -0.2) is 4.98 Å². The number of rotatable bonds is 4. The lowest BCUT2D eigenvalue weighted by atomic mass is 9.99. The third kappa shape index (κ3) is 3.40. The average Bonchev–Trinajstić information content (AvgIpc) is 2.83. The number of nitriles is 1. The maximum Gasteiger partial charge on any atom is 0.266 e. The normalized spacial score (nSPS) is 10.3. The second-order valence-corrected chi connectivity index (χ2v) is 5.87. The van der Waals surface area contributed by atoms with E-state index < -0.39 is 0 Å². The van der Waals surface area contributed by atoms with Gasteiger partial charge in [0.1, 0.15) is 11.6 Å². The summed E-state index contributed by atoms with van der Waals surface area (Å²) in [6, 6.07) is 1.91. The number of carbonyl (C=O) groups excluding carboxylic acids is 1. The Morgan fingerprint density at radius 2 is 2.18 bits per heavy atom. The summed E-state index contributed by atoms with van der Waals surface area (Å²) in [6.07, 6.45) is 0.719. The van der Waals surface area contributed by atoms with E-state index in [2.05, 4.69) is 15.3 Å². The molecule has 2 N–H and O–H groups in total. The molecule has 0 aromatic carbocycles. The number of anilines is 1. The van der Waals surface area contributed by atoms with Crippen molar-refractivity contribution < 1.29 is 4.79 Å². The molecule has 0 bridgehead atoms. The molecule has 0 aliphatic heterocycles. The van der Waals surface area contributed by atoms with Crippen molar-refractivity contribution in [2.75, 3.05) is 5.32 Å². The maximum atomic E-state index is 12.0. The minimum Gasteiger partial charge on any atom is -0.325 e. The van der Waals surface area contributed by atoms with Crippen LogP contribution < -0.4 is 10.9 Å². The Morgan fingerprint density at radius 1 is 1.45 bits per heavy atom. The Bertz CT molecular complexity index is 814. The average molecular weight is 316 g/mol. The third-order valence-corrected chi connectivity index (χ3v) is 4.26. The third-order valence-electron chi connectivity index (χ3n) is 3.39. The first-order chi connectivity index (χ1) is 10.4. The molecule has 6 nitrogen and oxygen atoms in total. The first-order valence-electron chi connectivity index (χ1n) is 6.76. The highest BCUT2D eigenvalue weighted by molar-refractivity contribution is 7.13. The van der Waals surface area contributed by atoms with Crippen LogP contribution in [0.1, 0.15) is 34.5 Å². The molecule has 0 aliphatic rings. The molecule has 0 aliphatic carbocycles. The number of hydrogen-bond acceptors (Lipinski definition) is 5. The standard InChI is InChI=1S/C15H16N4O2S/c1-8-7-22-15(17-8)19-13(20)5-4-11-9(2)12(6-16)14(21)18-10(11)3/h7H,4-5H2,1-3H3,(H,18,21)(H,17,19,20). The molecular weight excluding hydrogens is 300 g/mol. The van der Waals surface area contributed by atoms with Crippen LogP contribution in [0, 0.1) is 32.1 Å². The molecular formula is C15H16N4O2S. The Morgan fingerprint density at radius 3 is 2.77 bits per heavy atom. The number of nitrogens with one attached hydrogen (secondary N) is 2. The first kappa shape index (κ1) is 15.9. The van der Waals surface area contributed by atoms with Crippen LogP contribution in [0.3, 0.4) is 0 Å². The lowest BCUT2D eigenvalue weighted by Gasteiger charge is -2.10. The second kappa shape index (κ2) is 6.54. The molecule has 1 amide bonds. The summed E-state index contributed by atoms with van der Waals surface area (Å²) >= 11 is 1.38. The smallest absolute Gasteiger partial charge is 0.266 e. The van der Waals surface area contributed by atoms with Gasteiger partial charge in [0.2, 0.25) is 5.91 Å². The van der Waals surface area contributed by atoms with Gasteiger partial charge >= 0.3 is 0 Å². The summed E-state index contributed by atoms with van der Waals surface area (Å²) in [5.74, 6) is -0.141. The summed E-state index contributed by atoms with van der Waals surface area (Å²) in [4.78, 5) is 30.5. The van der Waals surface area contributed by atoms with Crippen LogP contribution in [-0.4, -0.2) is 15.9 Å². The monoisotopic (exact) mass is 316 g/mol. The molecule has 0 radical (unpaired) electrons. The molecule has 114 valence electrons.